The van der Waals surface area contributed by atoms with Crippen molar-refractivity contribution in [3.63, 3.8) is 0 Å². The molecule has 1 unspecified atom stereocenters. The van der Waals surface area contributed by atoms with E-state index in [2.05, 4.69) is 40.4 Å². The van der Waals surface area contributed by atoms with Crippen molar-refractivity contribution in [2.75, 3.05) is 0 Å². The molecule has 0 radical (unpaired) electrons. The number of benzene rings is 2. The summed E-state index contributed by atoms with van der Waals surface area (Å²) < 4.78 is 14.2. The highest BCUT2D eigenvalue weighted by Gasteiger charge is 2.15. The molecule has 19 heavy (non-hydrogen) atoms. The minimum atomic E-state index is -0.261. The van der Waals surface area contributed by atoms with Crippen molar-refractivity contribution >= 4 is 15.9 Å². The van der Waals surface area contributed by atoms with E-state index in [0.717, 1.165) is 10.0 Å². The molecule has 0 amide bonds. The smallest absolute Gasteiger partial charge is 0.123 e. The Bertz CT molecular complexity index is 572. The summed E-state index contributed by atoms with van der Waals surface area (Å²) >= 11 is 3.44. The van der Waals surface area contributed by atoms with E-state index in [1.165, 1.54) is 23.3 Å². The molecule has 0 heterocycles. The zero-order chi connectivity index (χ0) is 13.8. The maximum atomic E-state index is 13.4. The van der Waals surface area contributed by atoms with E-state index >= 15 is 0 Å². The van der Waals surface area contributed by atoms with Crippen LogP contribution in [0, 0.1) is 12.7 Å². The number of halogens is 2. The second-order valence-electron chi connectivity index (χ2n) is 4.52. The van der Waals surface area contributed by atoms with Crippen LogP contribution in [0.25, 0.3) is 0 Å². The third-order valence-electron chi connectivity index (χ3n) is 3.22. The predicted octanol–water partition coefficient (Wildman–Crippen LogP) is 3.64. The second kappa shape index (κ2) is 6.28. The largest absolute Gasteiger partial charge is 0.271 e. The van der Waals surface area contributed by atoms with Gasteiger partial charge in [0, 0.05) is 4.47 Å². The fourth-order valence-electron chi connectivity index (χ4n) is 2.10. The molecule has 0 aliphatic carbocycles. The van der Waals surface area contributed by atoms with Gasteiger partial charge in [0.15, 0.2) is 0 Å². The monoisotopic (exact) mass is 322 g/mol. The van der Waals surface area contributed by atoms with Crippen molar-refractivity contribution in [1.82, 2.24) is 5.43 Å². The second-order valence-corrected chi connectivity index (χ2v) is 5.37. The van der Waals surface area contributed by atoms with Gasteiger partial charge in [0.25, 0.3) is 0 Å². The predicted molar refractivity (Wildman–Crippen MR) is 79.0 cm³/mol. The summed E-state index contributed by atoms with van der Waals surface area (Å²) in [6.07, 6.45) is 0.714. The molecule has 3 N–H and O–H groups in total. The van der Waals surface area contributed by atoms with Gasteiger partial charge >= 0.3 is 0 Å². The normalized spacial score (nSPS) is 12.4. The molecule has 0 aromatic heterocycles. The van der Waals surface area contributed by atoms with Crippen molar-refractivity contribution in [3.8, 4) is 0 Å². The van der Waals surface area contributed by atoms with E-state index < -0.39 is 0 Å². The quantitative estimate of drug-likeness (QED) is 0.666. The minimum Gasteiger partial charge on any atom is -0.271 e. The number of hydrogen-bond donors (Lipinski definition) is 2. The van der Waals surface area contributed by atoms with Gasteiger partial charge in [-0.2, -0.15) is 0 Å². The first-order valence-electron chi connectivity index (χ1n) is 6.07. The Hall–Kier alpha value is -1.23. The van der Waals surface area contributed by atoms with Gasteiger partial charge in [0.2, 0.25) is 0 Å². The van der Waals surface area contributed by atoms with Crippen molar-refractivity contribution in [2.45, 2.75) is 19.4 Å². The molecule has 1 atom stereocenters. The SMILES string of the molecule is Cc1ccccc1CC(NN)c1cc(F)ccc1Br. The van der Waals surface area contributed by atoms with Gasteiger partial charge in [-0.05, 0) is 48.2 Å². The van der Waals surface area contributed by atoms with Crippen LogP contribution in [0.15, 0.2) is 46.9 Å². The van der Waals surface area contributed by atoms with Crippen molar-refractivity contribution in [1.29, 1.82) is 0 Å². The summed E-state index contributed by atoms with van der Waals surface area (Å²) in [7, 11) is 0. The molecule has 0 bridgehead atoms. The molecule has 0 spiro atoms. The third kappa shape index (κ3) is 3.41. The summed E-state index contributed by atoms with van der Waals surface area (Å²) in [5, 5.41) is 0. The average molecular weight is 323 g/mol. The summed E-state index contributed by atoms with van der Waals surface area (Å²) in [4.78, 5) is 0. The van der Waals surface area contributed by atoms with Crippen LogP contribution in [0.2, 0.25) is 0 Å². The number of aryl methyl sites for hydroxylation is 1. The highest BCUT2D eigenvalue weighted by molar-refractivity contribution is 9.10. The number of hydrogen-bond acceptors (Lipinski definition) is 2. The van der Waals surface area contributed by atoms with Crippen LogP contribution in [0.5, 0.6) is 0 Å². The molecule has 0 aliphatic rings. The molecular weight excluding hydrogens is 307 g/mol. The van der Waals surface area contributed by atoms with Gasteiger partial charge in [-0.3, -0.25) is 11.3 Å². The maximum Gasteiger partial charge on any atom is 0.123 e. The number of nitrogens with one attached hydrogen (secondary N) is 1. The lowest BCUT2D eigenvalue weighted by molar-refractivity contribution is 0.541. The van der Waals surface area contributed by atoms with Gasteiger partial charge < -0.3 is 0 Å². The molecule has 4 heteroatoms. The van der Waals surface area contributed by atoms with E-state index in [1.54, 1.807) is 6.07 Å². The maximum absolute atomic E-state index is 13.4. The topological polar surface area (TPSA) is 38.0 Å². The van der Waals surface area contributed by atoms with E-state index in [-0.39, 0.29) is 11.9 Å². The molecule has 0 saturated heterocycles. The lowest BCUT2D eigenvalue weighted by atomic mass is 9.96. The fourth-order valence-corrected chi connectivity index (χ4v) is 2.62. The van der Waals surface area contributed by atoms with Crippen LogP contribution in [0.1, 0.15) is 22.7 Å². The van der Waals surface area contributed by atoms with Crippen LogP contribution in [-0.2, 0) is 6.42 Å². The first-order valence-corrected chi connectivity index (χ1v) is 6.86. The van der Waals surface area contributed by atoms with Crippen molar-refractivity contribution in [3.05, 3.63) is 69.4 Å². The van der Waals surface area contributed by atoms with E-state index in [1.807, 2.05) is 12.1 Å². The molecular formula is C15H16BrFN2. The summed E-state index contributed by atoms with van der Waals surface area (Å²) in [6.45, 7) is 2.06. The van der Waals surface area contributed by atoms with Gasteiger partial charge in [-0.1, -0.05) is 40.2 Å². The van der Waals surface area contributed by atoms with Gasteiger partial charge in [-0.15, -0.1) is 0 Å². The molecule has 0 aliphatic heterocycles. The average Bonchev–Trinajstić information content (AvgIpc) is 2.41. The Labute approximate surface area is 120 Å². The summed E-state index contributed by atoms with van der Waals surface area (Å²) in [6, 6.07) is 12.6. The third-order valence-corrected chi connectivity index (χ3v) is 3.94. The Morgan fingerprint density at radius 2 is 2.00 bits per heavy atom. The Balaban J connectivity index is 2.30. The van der Waals surface area contributed by atoms with Crippen LogP contribution in [-0.4, -0.2) is 0 Å². The molecule has 0 fully saturated rings. The Morgan fingerprint density at radius 3 is 2.68 bits per heavy atom. The number of hydrazine groups is 1. The standard InChI is InChI=1S/C15H16BrFN2/c1-10-4-2-3-5-11(10)8-15(19-18)13-9-12(17)6-7-14(13)16/h2-7,9,15,19H,8,18H2,1H3. The molecule has 2 aromatic rings. The van der Waals surface area contributed by atoms with Crippen LogP contribution < -0.4 is 11.3 Å². The van der Waals surface area contributed by atoms with Gasteiger partial charge in [0.1, 0.15) is 5.82 Å². The molecule has 2 nitrogen and oxygen atoms in total. The minimum absolute atomic E-state index is 0.133. The van der Waals surface area contributed by atoms with Crippen molar-refractivity contribution < 1.29 is 4.39 Å². The van der Waals surface area contributed by atoms with E-state index in [0.29, 0.717) is 6.42 Å². The lowest BCUT2D eigenvalue weighted by Gasteiger charge is -2.19. The molecule has 2 aromatic carbocycles. The Morgan fingerprint density at radius 1 is 1.26 bits per heavy atom. The van der Waals surface area contributed by atoms with E-state index in [4.69, 9.17) is 5.84 Å². The Kier molecular flexibility index (Phi) is 4.69. The molecule has 2 rings (SSSR count). The molecule has 0 saturated carbocycles. The van der Waals surface area contributed by atoms with Gasteiger partial charge in [-0.25, -0.2) is 4.39 Å². The zero-order valence-electron chi connectivity index (χ0n) is 10.7. The zero-order valence-corrected chi connectivity index (χ0v) is 12.2. The highest BCUT2D eigenvalue weighted by atomic mass is 79.9. The molecule has 100 valence electrons. The van der Waals surface area contributed by atoms with Crippen LogP contribution >= 0.6 is 15.9 Å². The fraction of sp³-hybridized carbons (Fsp3) is 0.200. The first-order chi connectivity index (χ1) is 9.11. The van der Waals surface area contributed by atoms with Crippen LogP contribution in [0.3, 0.4) is 0 Å². The highest BCUT2D eigenvalue weighted by Crippen LogP contribution is 2.27. The first kappa shape index (κ1) is 14.2. The van der Waals surface area contributed by atoms with Crippen LogP contribution in [0.4, 0.5) is 4.39 Å². The van der Waals surface area contributed by atoms with Crippen molar-refractivity contribution in [2.24, 2.45) is 5.84 Å². The number of nitrogens with two attached hydrogens (primary N) is 1. The summed E-state index contributed by atoms with van der Waals surface area (Å²) in [5.74, 6) is 5.37. The van der Waals surface area contributed by atoms with Gasteiger partial charge in [0.05, 0.1) is 6.04 Å². The number of rotatable bonds is 4. The summed E-state index contributed by atoms with van der Waals surface area (Å²) in [5.41, 5.74) is 5.99. The lowest BCUT2D eigenvalue weighted by Crippen LogP contribution is -2.30. The van der Waals surface area contributed by atoms with E-state index in [9.17, 15) is 4.39 Å².